The first kappa shape index (κ1) is 81.0. The van der Waals surface area contributed by atoms with Gasteiger partial charge in [-0.1, -0.05) is 54.0 Å². The Morgan fingerprint density at radius 2 is 1.23 bits per heavy atom. The highest BCUT2D eigenvalue weighted by Crippen LogP contribution is 2.26. The second-order valence-corrected chi connectivity index (χ2v) is 25.3. The summed E-state index contributed by atoms with van der Waals surface area (Å²) >= 11 is 0. The van der Waals surface area contributed by atoms with Crippen LogP contribution in [0.15, 0.2) is 34.3 Å². The van der Waals surface area contributed by atoms with Gasteiger partial charge in [0, 0.05) is 44.0 Å². The van der Waals surface area contributed by atoms with Crippen molar-refractivity contribution in [1.29, 1.82) is 0 Å². The number of carbonyl (C=O) groups excluding carboxylic acids is 13. The highest BCUT2D eigenvalue weighted by atomic mass is 33.1. The van der Waals surface area contributed by atoms with Gasteiger partial charge in [0.25, 0.3) is 0 Å². The van der Waals surface area contributed by atoms with Crippen molar-refractivity contribution >= 4 is 116 Å². The lowest BCUT2D eigenvalue weighted by molar-refractivity contribution is -0.142. The largest absolute Gasteiger partial charge is 0.508 e. The van der Waals surface area contributed by atoms with Crippen molar-refractivity contribution in [1.82, 2.24) is 58.1 Å². The lowest BCUT2D eigenvalue weighted by atomic mass is 9.96. The van der Waals surface area contributed by atoms with E-state index >= 15 is 0 Å². The Labute approximate surface area is 561 Å². The quantitative estimate of drug-likeness (QED) is 0.0135. The molecule has 0 aromatic heterocycles. The second kappa shape index (κ2) is 42.2. The van der Waals surface area contributed by atoms with Crippen molar-refractivity contribution < 1.29 is 77.3 Å². The molecule has 0 aliphatic carbocycles. The summed E-state index contributed by atoms with van der Waals surface area (Å²) in [7, 11) is 1.92. The number of rotatable bonds is 33. The SMILES string of the molecule is CC[C@H](C)C1NC(=O)[C@H](Cc2ccc(O)cc2)NC(=O)[C@@H](N)CSSC[C@@H](C(=O)N2CCC[C@H]2C(=O)N[C@@H](CCCN=C(N)N)C(=O)NCC(=O)NCC(=O)N[C@@H](CCCCN)C(=O)N[C@@H](CCCN=C(N)N)C(=O)O)NC(=O)[C@H](CC(N)=O)NC(=O)[C@H](CCC(N)=O)NC1=O. The number of nitrogens with one attached hydrogen (secondary N) is 10. The van der Waals surface area contributed by atoms with Crippen LogP contribution in [0, 0.1) is 5.92 Å². The number of carboxylic acid groups (broad SMARTS) is 1. The van der Waals surface area contributed by atoms with Gasteiger partial charge in [0.1, 0.15) is 60.1 Å². The Balaban J connectivity index is 1.91. The maximum atomic E-state index is 14.9. The molecule has 3 rings (SSSR count). The van der Waals surface area contributed by atoms with Crippen molar-refractivity contribution in [3.63, 3.8) is 0 Å². The Bertz CT molecular complexity index is 2940. The van der Waals surface area contributed by atoms with E-state index in [1.807, 2.05) is 0 Å². The molecule has 28 N–H and O–H groups in total. The van der Waals surface area contributed by atoms with E-state index in [1.54, 1.807) is 13.8 Å². The first-order chi connectivity index (χ1) is 45.4. The number of hydrogen-bond donors (Lipinski definition) is 20. The molecule has 1 aromatic rings. The number of aliphatic carboxylic acids is 1. The summed E-state index contributed by atoms with van der Waals surface area (Å²) in [6, 6.07) is -8.75. The fraction of sp³-hybridized carbons (Fsp3) is 0.614. The summed E-state index contributed by atoms with van der Waals surface area (Å²) in [5.74, 6) is -15.1. The van der Waals surface area contributed by atoms with Gasteiger partial charge in [-0.05, 0) is 94.4 Å². The molecule has 1 unspecified atom stereocenters. The van der Waals surface area contributed by atoms with Gasteiger partial charge in [0.2, 0.25) is 76.8 Å². The molecular weight excluding hydrogens is 1300 g/mol. The number of phenols is 1. The summed E-state index contributed by atoms with van der Waals surface area (Å²) in [4.78, 5) is 199. The van der Waals surface area contributed by atoms with Crippen LogP contribution in [0.3, 0.4) is 0 Å². The average molecular weight is 1390 g/mol. The third kappa shape index (κ3) is 29.6. The van der Waals surface area contributed by atoms with Crippen LogP contribution in [0.5, 0.6) is 5.75 Å². The molecule has 96 heavy (non-hydrogen) atoms. The Hall–Kier alpha value is -9.24. The Kier molecular flexibility index (Phi) is 35.6. The topological polar surface area (TPSA) is 636 Å². The maximum Gasteiger partial charge on any atom is 0.326 e. The summed E-state index contributed by atoms with van der Waals surface area (Å²) in [6.07, 6.45) is -0.447. The van der Waals surface area contributed by atoms with E-state index in [4.69, 9.17) is 45.9 Å². The molecule has 534 valence electrons. The fourth-order valence-electron chi connectivity index (χ4n) is 9.69. The zero-order chi connectivity index (χ0) is 71.6. The lowest BCUT2D eigenvalue weighted by Crippen LogP contribution is -2.61. The number of phenolic OH excluding ortho intramolecular Hbond substituents is 1. The van der Waals surface area contributed by atoms with Gasteiger partial charge in [-0.3, -0.25) is 72.3 Å². The third-order valence-corrected chi connectivity index (χ3v) is 17.6. The third-order valence-electron chi connectivity index (χ3n) is 15.1. The number of carboxylic acids is 1. The molecule has 13 amide bonds. The molecule has 1 aromatic carbocycles. The summed E-state index contributed by atoms with van der Waals surface area (Å²) in [5.41, 5.74) is 45.1. The molecule has 2 heterocycles. The predicted molar refractivity (Wildman–Crippen MR) is 353 cm³/mol. The number of nitrogens with zero attached hydrogens (tertiary/aromatic N) is 3. The lowest BCUT2D eigenvalue weighted by Gasteiger charge is -2.31. The molecule has 39 heteroatoms. The minimum absolute atomic E-state index is 0.0167. The average Bonchev–Trinajstić information content (AvgIpc) is 1.67. The predicted octanol–water partition coefficient (Wildman–Crippen LogP) is -7.73. The molecule has 2 aliphatic rings. The second-order valence-electron chi connectivity index (χ2n) is 22.8. The number of likely N-dealkylation sites (tertiary alicyclic amines) is 1. The molecule has 2 fully saturated rings. The molecular formula is C57H93N21O16S2. The van der Waals surface area contributed by atoms with Gasteiger partial charge in [0.05, 0.1) is 25.6 Å². The van der Waals surface area contributed by atoms with Crippen LogP contribution in [0.4, 0.5) is 0 Å². The van der Waals surface area contributed by atoms with E-state index in [-0.39, 0.29) is 107 Å². The van der Waals surface area contributed by atoms with Crippen LogP contribution in [-0.4, -0.2) is 221 Å². The van der Waals surface area contributed by atoms with Crippen molar-refractivity contribution in [3.8, 4) is 5.75 Å². The van der Waals surface area contributed by atoms with E-state index in [2.05, 4.69) is 63.2 Å². The minimum Gasteiger partial charge on any atom is -0.508 e. The number of primary amides is 2. The number of aliphatic imine (C=N–C) groups is 2. The number of nitrogens with two attached hydrogens (primary N) is 8. The van der Waals surface area contributed by atoms with Gasteiger partial charge < -0.3 is 114 Å². The normalized spacial score (nSPS) is 21.0. The smallest absolute Gasteiger partial charge is 0.326 e. The maximum absolute atomic E-state index is 14.9. The highest BCUT2D eigenvalue weighted by Gasteiger charge is 2.41. The summed E-state index contributed by atoms with van der Waals surface area (Å²) in [6.45, 7) is 2.15. The summed E-state index contributed by atoms with van der Waals surface area (Å²) in [5, 5.41) is 44.6. The van der Waals surface area contributed by atoms with Crippen LogP contribution in [-0.2, 0) is 73.5 Å². The number of amides is 13. The van der Waals surface area contributed by atoms with Crippen molar-refractivity contribution in [2.24, 2.45) is 61.8 Å². The molecule has 0 saturated carbocycles. The van der Waals surface area contributed by atoms with E-state index in [0.29, 0.717) is 24.8 Å². The number of guanidine groups is 2. The van der Waals surface area contributed by atoms with Crippen LogP contribution in [0.2, 0.25) is 0 Å². The summed E-state index contributed by atoms with van der Waals surface area (Å²) < 4.78 is 0. The fourth-order valence-corrected chi connectivity index (χ4v) is 12.0. The molecule has 0 spiro atoms. The number of benzene rings is 1. The zero-order valence-electron chi connectivity index (χ0n) is 53.6. The van der Waals surface area contributed by atoms with Crippen LogP contribution >= 0.6 is 21.6 Å². The van der Waals surface area contributed by atoms with Crippen LogP contribution in [0.25, 0.3) is 0 Å². The van der Waals surface area contributed by atoms with Crippen molar-refractivity contribution in [3.05, 3.63) is 29.8 Å². The van der Waals surface area contributed by atoms with E-state index < -0.39 is 181 Å². The number of aromatic hydroxyl groups is 1. The van der Waals surface area contributed by atoms with Crippen molar-refractivity contribution in [2.75, 3.05) is 50.8 Å². The Morgan fingerprint density at radius 3 is 1.83 bits per heavy atom. The number of hydrogen-bond acceptors (Lipinski definition) is 21. The van der Waals surface area contributed by atoms with Crippen molar-refractivity contribution in [2.45, 2.75) is 164 Å². The number of carbonyl (C=O) groups is 14. The van der Waals surface area contributed by atoms with Gasteiger partial charge in [0.15, 0.2) is 11.9 Å². The first-order valence-corrected chi connectivity index (χ1v) is 33.6. The molecule has 2 saturated heterocycles. The van der Waals surface area contributed by atoms with Crippen LogP contribution < -0.4 is 99.0 Å². The van der Waals surface area contributed by atoms with Gasteiger partial charge in [-0.2, -0.15) is 0 Å². The molecule has 2 aliphatic heterocycles. The zero-order valence-corrected chi connectivity index (χ0v) is 55.2. The van der Waals surface area contributed by atoms with E-state index in [0.717, 1.165) is 26.5 Å². The molecule has 11 atom stereocenters. The van der Waals surface area contributed by atoms with Gasteiger partial charge >= 0.3 is 5.97 Å². The van der Waals surface area contributed by atoms with Gasteiger partial charge in [-0.15, -0.1) is 0 Å². The van der Waals surface area contributed by atoms with E-state index in [9.17, 15) is 77.3 Å². The van der Waals surface area contributed by atoms with Crippen LogP contribution in [0.1, 0.15) is 103 Å². The molecule has 0 radical (unpaired) electrons. The standard InChI is InChI=1S/C57H93N21O16S2/c1-3-29(2)45-53(91)72-35(17-18-41(60)80)49(87)75-38(24-42(61)81)50(88)76-39(28-96-95-27-32(59)46(84)74-37(51(89)77-45)23-30-13-15-31(79)16-14-30)54(92)78-22-8-12-40(78)52(90)71-33(10-6-20-66-56(62)63)47(85)69-25-43(82)68-26-44(83)70-34(9-4-5-19-58)48(86)73-36(55(93)94)11-7-21-67-57(64)65/h13-16,29,32-40,45,79H,3-12,17-28,58-59H2,1-2H3,(H2,60,80)(H2,61,81)(H,68,82)(H,69,85)(H,70,83)(H,71,90)(H,72,91)(H,73,86)(H,74,84)(H,75,87)(H,76,88)(H,77,89)(H,93,94)(H4,62,63,66)(H4,64,65,67)/t29-,32-,33-,34-,35-,36-,37-,38-,39-,40-,45?/m0/s1. The molecule has 37 nitrogen and oxygen atoms in total. The Morgan fingerprint density at radius 1 is 0.656 bits per heavy atom. The monoisotopic (exact) mass is 1390 g/mol. The number of unbranched alkanes of at least 4 members (excludes halogenated alkanes) is 1. The highest BCUT2D eigenvalue weighted by molar-refractivity contribution is 8.76. The minimum atomic E-state index is -1.84. The first-order valence-electron chi connectivity index (χ1n) is 31.1. The van der Waals surface area contributed by atoms with E-state index in [1.165, 1.54) is 24.3 Å². The molecule has 0 bridgehead atoms. The van der Waals surface area contributed by atoms with Gasteiger partial charge in [-0.25, -0.2) is 4.79 Å².